The first-order valence-corrected chi connectivity index (χ1v) is 14.6. The average molecular weight is 612 g/mol. The second-order valence-electron chi connectivity index (χ2n) is 11.7. The first-order valence-electron chi connectivity index (χ1n) is 14.6. The molecule has 3 aromatic carbocycles. The molecule has 1 aliphatic rings. The lowest BCUT2D eigenvalue weighted by Gasteiger charge is -2.32. The maximum absolute atomic E-state index is 14.4. The van der Waals surface area contributed by atoms with Gasteiger partial charge in [0, 0.05) is 58.3 Å². The van der Waals surface area contributed by atoms with Crippen molar-refractivity contribution in [1.29, 1.82) is 0 Å². The van der Waals surface area contributed by atoms with Gasteiger partial charge in [0.05, 0.1) is 6.61 Å². The highest BCUT2D eigenvalue weighted by Gasteiger charge is 2.54. The molecular formula is C32H37N9O4. The van der Waals surface area contributed by atoms with Crippen LogP contribution in [0.25, 0.3) is 20.9 Å². The molecule has 4 rings (SSSR count). The molecule has 2 atom stereocenters. The molecule has 1 amide bonds. The van der Waals surface area contributed by atoms with Gasteiger partial charge < -0.3 is 14.6 Å². The van der Waals surface area contributed by atoms with E-state index in [0.29, 0.717) is 47.7 Å². The summed E-state index contributed by atoms with van der Waals surface area (Å²) >= 11 is 0. The number of carbonyl (C=O) groups is 1. The summed E-state index contributed by atoms with van der Waals surface area (Å²) in [5, 5.41) is 16.8. The quantitative estimate of drug-likeness (QED) is 0.0587. The van der Waals surface area contributed by atoms with Gasteiger partial charge in [0.1, 0.15) is 5.75 Å². The van der Waals surface area contributed by atoms with Crippen LogP contribution in [0.1, 0.15) is 56.4 Å². The van der Waals surface area contributed by atoms with Gasteiger partial charge in [-0.3, -0.25) is 10.2 Å². The molecule has 0 fully saturated rings. The fourth-order valence-corrected chi connectivity index (χ4v) is 4.89. The van der Waals surface area contributed by atoms with Crippen molar-refractivity contribution in [2.45, 2.75) is 51.7 Å². The predicted molar refractivity (Wildman–Crippen MR) is 171 cm³/mol. The SMILES string of the molecule is CC(C)(C)CCNNC(=O)[C@@]1(Cc2ccccc2N=[N+]=[N-])N=C(c2ccc(OCCCO)cc2)O[C@H]1c1ccccc1N=[N+]=[N-]. The second-order valence-corrected chi connectivity index (χ2v) is 11.7. The van der Waals surface area contributed by atoms with Gasteiger partial charge in [-0.05, 0) is 52.7 Å². The Hall–Kier alpha value is -5.06. The molecule has 45 heavy (non-hydrogen) atoms. The Bertz CT molecular complexity index is 1610. The summed E-state index contributed by atoms with van der Waals surface area (Å²) in [7, 11) is 0. The van der Waals surface area contributed by atoms with Gasteiger partial charge in [0.25, 0.3) is 5.91 Å². The minimum Gasteiger partial charge on any atom is -0.494 e. The fourth-order valence-electron chi connectivity index (χ4n) is 4.89. The van der Waals surface area contributed by atoms with Gasteiger partial charge in [0.2, 0.25) is 5.90 Å². The number of carbonyl (C=O) groups excluding carboxylic acids is 1. The molecule has 1 aliphatic heterocycles. The molecule has 0 radical (unpaired) electrons. The number of benzene rings is 3. The van der Waals surface area contributed by atoms with Gasteiger partial charge in [-0.1, -0.05) is 79.5 Å². The molecule has 3 aromatic rings. The van der Waals surface area contributed by atoms with E-state index in [2.05, 4.69) is 51.7 Å². The van der Waals surface area contributed by atoms with Crippen LogP contribution in [0.2, 0.25) is 0 Å². The van der Waals surface area contributed by atoms with Crippen LogP contribution >= 0.6 is 0 Å². The van der Waals surface area contributed by atoms with Crippen molar-refractivity contribution in [2.75, 3.05) is 19.8 Å². The maximum atomic E-state index is 14.4. The van der Waals surface area contributed by atoms with Crippen LogP contribution in [0.4, 0.5) is 11.4 Å². The Labute approximate surface area is 261 Å². The first kappa shape index (κ1) is 32.8. The molecule has 0 spiro atoms. The lowest BCUT2D eigenvalue weighted by atomic mass is 9.81. The van der Waals surface area contributed by atoms with E-state index in [1.54, 1.807) is 72.8 Å². The third kappa shape index (κ3) is 8.31. The molecule has 13 nitrogen and oxygen atoms in total. The van der Waals surface area contributed by atoms with Crippen LogP contribution in [-0.2, 0) is 16.0 Å². The van der Waals surface area contributed by atoms with E-state index >= 15 is 0 Å². The topological polar surface area (TPSA) is 190 Å². The summed E-state index contributed by atoms with van der Waals surface area (Å²) in [6, 6.07) is 20.9. The zero-order chi connectivity index (χ0) is 32.3. The summed E-state index contributed by atoms with van der Waals surface area (Å²) in [6.45, 7) is 7.23. The number of azide groups is 2. The second kappa shape index (κ2) is 15.1. The van der Waals surface area contributed by atoms with E-state index in [0.717, 1.165) is 6.42 Å². The number of amides is 1. The van der Waals surface area contributed by atoms with Crippen LogP contribution in [0.15, 0.2) is 88.0 Å². The predicted octanol–water partition coefficient (Wildman–Crippen LogP) is 6.89. The van der Waals surface area contributed by atoms with E-state index in [4.69, 9.17) is 19.6 Å². The monoisotopic (exact) mass is 611 g/mol. The van der Waals surface area contributed by atoms with E-state index in [1.165, 1.54) is 0 Å². The molecule has 234 valence electrons. The van der Waals surface area contributed by atoms with Crippen molar-refractivity contribution in [3.05, 3.63) is 110 Å². The first-order chi connectivity index (χ1) is 21.7. The molecule has 0 unspecified atom stereocenters. The van der Waals surface area contributed by atoms with Crippen LogP contribution in [0.3, 0.4) is 0 Å². The summed E-state index contributed by atoms with van der Waals surface area (Å²) in [5.41, 5.74) is 25.1. The number of ether oxygens (including phenoxy) is 2. The number of hydrogen-bond donors (Lipinski definition) is 3. The molecule has 0 saturated heterocycles. The Morgan fingerprint density at radius 2 is 1.69 bits per heavy atom. The van der Waals surface area contributed by atoms with E-state index in [-0.39, 0.29) is 30.0 Å². The summed E-state index contributed by atoms with van der Waals surface area (Å²) < 4.78 is 12.2. The number of hydrogen-bond acceptors (Lipinski definition) is 8. The van der Waals surface area contributed by atoms with Crippen molar-refractivity contribution in [2.24, 2.45) is 20.6 Å². The van der Waals surface area contributed by atoms with Crippen LogP contribution in [0, 0.1) is 5.41 Å². The Morgan fingerprint density at radius 3 is 2.38 bits per heavy atom. The van der Waals surface area contributed by atoms with Gasteiger partial charge in [-0.15, -0.1) is 0 Å². The van der Waals surface area contributed by atoms with Crippen LogP contribution in [0.5, 0.6) is 5.75 Å². The third-order valence-corrected chi connectivity index (χ3v) is 7.21. The highest BCUT2D eigenvalue weighted by atomic mass is 16.5. The molecule has 1 heterocycles. The lowest BCUT2D eigenvalue weighted by Crippen LogP contribution is -2.54. The van der Waals surface area contributed by atoms with Gasteiger partial charge >= 0.3 is 0 Å². The van der Waals surface area contributed by atoms with Gasteiger partial charge in [-0.2, -0.15) is 0 Å². The van der Waals surface area contributed by atoms with Crippen molar-refractivity contribution in [1.82, 2.24) is 10.9 Å². The van der Waals surface area contributed by atoms with E-state index in [9.17, 15) is 15.9 Å². The summed E-state index contributed by atoms with van der Waals surface area (Å²) in [4.78, 5) is 25.3. The maximum Gasteiger partial charge on any atom is 0.266 e. The largest absolute Gasteiger partial charge is 0.494 e. The minimum atomic E-state index is -1.62. The number of aliphatic imine (C=N–C) groups is 1. The number of rotatable bonds is 14. The molecule has 0 saturated carbocycles. The van der Waals surface area contributed by atoms with Crippen LogP contribution in [-0.4, -0.2) is 42.2 Å². The standard InChI is InChI=1S/C32H37N9O4/c1-31(2,3)17-18-35-39-30(43)32(21-23-9-4-6-11-26(23)37-40-33)28(25-10-5-7-12-27(25)38-41-34)45-29(36-32)22-13-15-24(16-14-22)44-20-8-19-42/h4-7,9-16,28,35,42H,8,17-21H2,1-3H3,(H,39,43)/t28-,32-/m0/s1. The number of nitrogens with zero attached hydrogens (tertiary/aromatic N) is 7. The molecule has 0 bridgehead atoms. The van der Waals surface area contributed by atoms with Crippen molar-refractivity contribution in [3.63, 3.8) is 0 Å². The Balaban J connectivity index is 1.84. The number of aliphatic hydroxyl groups is 1. The van der Waals surface area contributed by atoms with E-state index < -0.39 is 17.6 Å². The number of aliphatic hydroxyl groups excluding tert-OH is 1. The van der Waals surface area contributed by atoms with Gasteiger partial charge in [-0.25, -0.2) is 10.4 Å². The zero-order valence-electron chi connectivity index (χ0n) is 25.6. The fraction of sp³-hybridized carbons (Fsp3) is 0.375. The Morgan fingerprint density at radius 1 is 1.02 bits per heavy atom. The highest BCUT2D eigenvalue weighted by Crippen LogP contribution is 2.46. The molecular weight excluding hydrogens is 574 g/mol. The number of nitrogens with one attached hydrogen (secondary N) is 2. The van der Waals surface area contributed by atoms with E-state index in [1.807, 2.05) is 0 Å². The molecule has 13 heteroatoms. The molecule has 0 aliphatic carbocycles. The highest BCUT2D eigenvalue weighted by molar-refractivity contribution is 6.01. The van der Waals surface area contributed by atoms with Crippen molar-refractivity contribution in [3.8, 4) is 5.75 Å². The normalized spacial score (nSPS) is 17.3. The Kier molecular flexibility index (Phi) is 11.0. The van der Waals surface area contributed by atoms with Gasteiger partial charge in [0.15, 0.2) is 11.6 Å². The smallest absolute Gasteiger partial charge is 0.266 e. The summed E-state index contributed by atoms with van der Waals surface area (Å²) in [6.07, 6.45) is 0.262. The lowest BCUT2D eigenvalue weighted by molar-refractivity contribution is -0.130. The average Bonchev–Trinajstić information content (AvgIpc) is 3.41. The number of hydrazine groups is 1. The van der Waals surface area contributed by atoms with Crippen molar-refractivity contribution < 1.29 is 19.4 Å². The minimum absolute atomic E-state index is 0.00387. The zero-order valence-corrected chi connectivity index (χ0v) is 25.6. The molecule has 3 N–H and O–H groups in total. The summed E-state index contributed by atoms with van der Waals surface area (Å²) in [5.74, 6) is 0.321. The molecule has 0 aromatic heterocycles. The van der Waals surface area contributed by atoms with Crippen molar-refractivity contribution >= 4 is 23.2 Å². The third-order valence-electron chi connectivity index (χ3n) is 7.21. The van der Waals surface area contributed by atoms with Crippen LogP contribution < -0.4 is 15.6 Å².